The minimum atomic E-state index is -0.635. The maximum absolute atomic E-state index is 14.4. The summed E-state index contributed by atoms with van der Waals surface area (Å²) in [7, 11) is 0. The number of aromatic nitrogens is 2. The fourth-order valence-corrected chi connectivity index (χ4v) is 5.94. The van der Waals surface area contributed by atoms with Crippen molar-refractivity contribution in [1.29, 1.82) is 0 Å². The van der Waals surface area contributed by atoms with E-state index in [4.69, 9.17) is 32.7 Å². The van der Waals surface area contributed by atoms with Gasteiger partial charge in [-0.05, 0) is 67.5 Å². The molecule has 3 aromatic rings. The number of halogens is 2. The minimum absolute atomic E-state index is 0.00704. The van der Waals surface area contributed by atoms with Crippen LogP contribution in [0.15, 0.2) is 65.7 Å². The van der Waals surface area contributed by atoms with Gasteiger partial charge in [-0.25, -0.2) is 0 Å². The summed E-state index contributed by atoms with van der Waals surface area (Å²) in [6, 6.07) is 15.1. The quantitative estimate of drug-likeness (QED) is 0.280. The lowest BCUT2D eigenvalue weighted by atomic mass is 9.67. The Morgan fingerprint density at radius 3 is 2.56 bits per heavy atom. The van der Waals surface area contributed by atoms with E-state index in [9.17, 15) is 4.79 Å². The summed E-state index contributed by atoms with van der Waals surface area (Å²) in [4.78, 5) is 21.2. The number of allylic oxidation sites excluding steroid dienone is 1. The van der Waals surface area contributed by atoms with E-state index in [-0.39, 0.29) is 23.9 Å². The van der Waals surface area contributed by atoms with Gasteiger partial charge in [-0.1, -0.05) is 72.5 Å². The molecule has 1 unspecified atom stereocenters. The first-order valence-electron chi connectivity index (χ1n) is 12.6. The average Bonchev–Trinajstić information content (AvgIpc) is 3.60. The minimum Gasteiger partial charge on any atom is -0.337 e. The number of rotatable bonds is 8. The zero-order chi connectivity index (χ0) is 25.4. The van der Waals surface area contributed by atoms with Crippen LogP contribution in [0.5, 0.6) is 0 Å². The van der Waals surface area contributed by atoms with Crippen molar-refractivity contribution in [3.63, 3.8) is 0 Å². The summed E-state index contributed by atoms with van der Waals surface area (Å²) in [5.41, 5.74) is 1.47. The fourth-order valence-electron chi connectivity index (χ4n) is 5.61. The van der Waals surface area contributed by atoms with Gasteiger partial charge < -0.3 is 9.42 Å². The molecule has 7 heteroatoms. The van der Waals surface area contributed by atoms with Crippen molar-refractivity contribution in [2.45, 2.75) is 69.9 Å². The van der Waals surface area contributed by atoms with E-state index in [1.54, 1.807) is 0 Å². The number of amides is 1. The number of piperidine rings is 1. The molecule has 1 amide bonds. The zero-order valence-corrected chi connectivity index (χ0v) is 22.2. The van der Waals surface area contributed by atoms with Crippen LogP contribution in [0.4, 0.5) is 0 Å². The van der Waals surface area contributed by atoms with Crippen molar-refractivity contribution in [2.75, 3.05) is 0 Å². The second-order valence-corrected chi connectivity index (χ2v) is 11.2. The highest BCUT2D eigenvalue weighted by atomic mass is 35.5. The number of benzene rings is 2. The molecule has 1 saturated carbocycles. The number of hydrogen-bond acceptors (Lipinski definition) is 4. The van der Waals surface area contributed by atoms with Gasteiger partial charge in [0.05, 0.1) is 11.5 Å². The molecule has 1 aromatic heterocycles. The third-order valence-electron chi connectivity index (χ3n) is 7.59. The van der Waals surface area contributed by atoms with Crippen molar-refractivity contribution < 1.29 is 9.32 Å². The molecule has 0 bridgehead atoms. The molecule has 1 aliphatic heterocycles. The van der Waals surface area contributed by atoms with E-state index in [2.05, 4.69) is 24.7 Å². The molecular formula is C29H31Cl2N3O2. The summed E-state index contributed by atoms with van der Waals surface area (Å²) < 4.78 is 5.79. The topological polar surface area (TPSA) is 59.2 Å². The molecule has 2 aromatic carbocycles. The molecular weight excluding hydrogens is 493 g/mol. The maximum atomic E-state index is 14.4. The van der Waals surface area contributed by atoms with Crippen LogP contribution in [-0.4, -0.2) is 20.9 Å². The SMILES string of the molecule is C=CC[C@@]1(C)CC(c2cccc(Cl)c2)[C@@H](c2ccc(Cl)cc2)N([C@H](CC)c2nc(C3CC3)no2)C1=O. The highest BCUT2D eigenvalue weighted by molar-refractivity contribution is 6.30. The Morgan fingerprint density at radius 2 is 1.92 bits per heavy atom. The van der Waals surface area contributed by atoms with Gasteiger partial charge in [0, 0.05) is 21.9 Å². The Kier molecular flexibility index (Phi) is 6.97. The van der Waals surface area contributed by atoms with Gasteiger partial charge in [0.2, 0.25) is 11.8 Å². The molecule has 2 aliphatic rings. The number of carbonyl (C=O) groups is 1. The standard InChI is InChI=1S/C29H31Cl2N3O2/c1-4-15-29(3)17-23(20-7-6-8-22(31)16-20)25(18-11-13-21(30)14-12-18)34(28(29)35)24(5-2)27-32-26(33-36-27)19-9-10-19/h4,6-8,11-14,16,19,23-25H,1,5,9-10,15,17H2,2-3H3/t23?,24-,25-,29+/m1/s1. The number of hydrogen-bond donors (Lipinski definition) is 0. The van der Waals surface area contributed by atoms with Gasteiger partial charge >= 0.3 is 0 Å². The normalized spacial score (nSPS) is 25.1. The van der Waals surface area contributed by atoms with Crippen LogP contribution < -0.4 is 0 Å². The van der Waals surface area contributed by atoms with Crippen LogP contribution in [0.25, 0.3) is 0 Å². The monoisotopic (exact) mass is 523 g/mol. The average molecular weight is 524 g/mol. The van der Waals surface area contributed by atoms with Crippen LogP contribution in [-0.2, 0) is 4.79 Å². The van der Waals surface area contributed by atoms with E-state index in [1.807, 2.05) is 60.4 Å². The Balaban J connectivity index is 1.68. The van der Waals surface area contributed by atoms with Crippen LogP contribution in [0.1, 0.15) is 92.7 Å². The molecule has 4 atom stereocenters. The molecule has 0 spiro atoms. The molecule has 0 radical (unpaired) electrons. The first-order valence-corrected chi connectivity index (χ1v) is 13.4. The van der Waals surface area contributed by atoms with Crippen molar-refractivity contribution in [3.8, 4) is 0 Å². The number of likely N-dealkylation sites (tertiary alicyclic amines) is 1. The predicted molar refractivity (Wildman–Crippen MR) is 142 cm³/mol. The van der Waals surface area contributed by atoms with Gasteiger partial charge in [0.1, 0.15) is 6.04 Å². The van der Waals surface area contributed by atoms with Gasteiger partial charge in [0.15, 0.2) is 5.82 Å². The third-order valence-corrected chi connectivity index (χ3v) is 8.08. The van der Waals surface area contributed by atoms with Crippen LogP contribution in [0.3, 0.4) is 0 Å². The summed E-state index contributed by atoms with van der Waals surface area (Å²) in [5.74, 6) is 1.68. The Labute approximate surface area is 222 Å². The fraction of sp³-hybridized carbons (Fsp3) is 0.414. The summed E-state index contributed by atoms with van der Waals surface area (Å²) >= 11 is 12.7. The summed E-state index contributed by atoms with van der Waals surface area (Å²) in [5, 5.41) is 5.59. The van der Waals surface area contributed by atoms with Crippen LogP contribution >= 0.6 is 23.2 Å². The third kappa shape index (κ3) is 4.71. The highest BCUT2D eigenvalue weighted by Crippen LogP contribution is 2.54. The van der Waals surface area contributed by atoms with Crippen LogP contribution in [0, 0.1) is 5.41 Å². The second kappa shape index (κ2) is 10.0. The summed E-state index contributed by atoms with van der Waals surface area (Å²) in [6.45, 7) is 8.06. The highest BCUT2D eigenvalue weighted by Gasteiger charge is 2.52. The molecule has 1 saturated heterocycles. The number of carbonyl (C=O) groups excluding carboxylic acids is 1. The zero-order valence-electron chi connectivity index (χ0n) is 20.7. The Bertz CT molecular complexity index is 1250. The molecule has 188 valence electrons. The molecule has 0 N–H and O–H groups in total. The lowest BCUT2D eigenvalue weighted by Gasteiger charge is -2.51. The second-order valence-electron chi connectivity index (χ2n) is 10.3. The molecule has 2 fully saturated rings. The van der Waals surface area contributed by atoms with Crippen molar-refractivity contribution in [2.24, 2.45) is 5.41 Å². The van der Waals surface area contributed by atoms with Gasteiger partial charge in [-0.3, -0.25) is 4.79 Å². The van der Waals surface area contributed by atoms with E-state index in [0.717, 1.165) is 29.8 Å². The first kappa shape index (κ1) is 25.0. The largest absolute Gasteiger partial charge is 0.337 e. The summed E-state index contributed by atoms with van der Waals surface area (Å²) in [6.07, 6.45) is 5.89. The van der Waals surface area contributed by atoms with E-state index in [1.165, 1.54) is 0 Å². The van der Waals surface area contributed by atoms with Gasteiger partial charge in [-0.15, -0.1) is 6.58 Å². The van der Waals surface area contributed by atoms with Crippen molar-refractivity contribution >= 4 is 29.1 Å². The van der Waals surface area contributed by atoms with Crippen molar-refractivity contribution in [1.82, 2.24) is 15.0 Å². The predicted octanol–water partition coefficient (Wildman–Crippen LogP) is 8.04. The van der Waals surface area contributed by atoms with Crippen LogP contribution in [0.2, 0.25) is 10.0 Å². The van der Waals surface area contributed by atoms with E-state index >= 15 is 0 Å². The smallest absolute Gasteiger partial charge is 0.249 e. The maximum Gasteiger partial charge on any atom is 0.249 e. The van der Waals surface area contributed by atoms with Gasteiger partial charge in [0.25, 0.3) is 0 Å². The molecule has 36 heavy (non-hydrogen) atoms. The Morgan fingerprint density at radius 1 is 1.17 bits per heavy atom. The first-order chi connectivity index (χ1) is 17.3. The number of nitrogens with zero attached hydrogens (tertiary/aromatic N) is 3. The lowest BCUT2D eigenvalue weighted by molar-refractivity contribution is -0.155. The Hall–Kier alpha value is -2.63. The lowest BCUT2D eigenvalue weighted by Crippen LogP contribution is -2.53. The molecule has 2 heterocycles. The molecule has 5 nitrogen and oxygen atoms in total. The van der Waals surface area contributed by atoms with Crippen molar-refractivity contribution in [3.05, 3.63) is 94.1 Å². The van der Waals surface area contributed by atoms with Gasteiger partial charge in [-0.2, -0.15) is 4.98 Å². The van der Waals surface area contributed by atoms with E-state index in [0.29, 0.717) is 41.1 Å². The molecule has 5 rings (SSSR count). The molecule has 1 aliphatic carbocycles. The van der Waals surface area contributed by atoms with E-state index < -0.39 is 5.41 Å².